The average Bonchev–Trinajstić information content (AvgIpc) is 3.76. The smallest absolute Gasteiger partial charge is 0.248 e. The number of ketones is 1. The molecule has 0 spiro atoms. The molecule has 2 rings (SSSR count). The molecular formula is C47H81N9O11. The van der Waals surface area contributed by atoms with Crippen LogP contribution in [0, 0.1) is 23.7 Å². The third kappa shape index (κ3) is 15.7. The van der Waals surface area contributed by atoms with Crippen molar-refractivity contribution in [2.75, 3.05) is 41.3 Å². The maximum absolute atomic E-state index is 14.3. The summed E-state index contributed by atoms with van der Waals surface area (Å²) in [7, 11) is 5.65. The van der Waals surface area contributed by atoms with E-state index in [4.69, 9.17) is 0 Å². The van der Waals surface area contributed by atoms with Crippen LogP contribution in [0.2, 0.25) is 0 Å². The Kier molecular flexibility index (Phi) is 22.4. The van der Waals surface area contributed by atoms with Crippen LogP contribution in [0.5, 0.6) is 0 Å². The van der Waals surface area contributed by atoms with Crippen LogP contribution >= 0.6 is 0 Å². The summed E-state index contributed by atoms with van der Waals surface area (Å²) in [6.45, 7) is 18.1. The van der Waals surface area contributed by atoms with E-state index in [0.29, 0.717) is 12.8 Å². The lowest BCUT2D eigenvalue weighted by atomic mass is 9.92. The fourth-order valence-corrected chi connectivity index (χ4v) is 8.35. The van der Waals surface area contributed by atoms with E-state index < -0.39 is 126 Å². The molecule has 20 heteroatoms. The third-order valence-corrected chi connectivity index (χ3v) is 13.3. The predicted molar refractivity (Wildman–Crippen MR) is 250 cm³/mol. The minimum atomic E-state index is -1.52. The fourth-order valence-electron chi connectivity index (χ4n) is 8.35. The van der Waals surface area contributed by atoms with Crippen molar-refractivity contribution in [3.63, 3.8) is 0 Å². The van der Waals surface area contributed by atoms with Crippen molar-refractivity contribution >= 4 is 58.9 Å². The van der Waals surface area contributed by atoms with Crippen LogP contribution in [0.15, 0.2) is 0 Å². The molecule has 9 amide bonds. The molecule has 11 atom stereocenters. The molecule has 20 nitrogen and oxygen atoms in total. The number of carbonyl (C=O) groups is 10. The highest BCUT2D eigenvalue weighted by Gasteiger charge is 2.44. The van der Waals surface area contributed by atoms with Crippen molar-refractivity contribution in [1.29, 1.82) is 0 Å². The van der Waals surface area contributed by atoms with Crippen LogP contribution in [0.4, 0.5) is 0 Å². The zero-order chi connectivity index (χ0) is 51.4. The van der Waals surface area contributed by atoms with Crippen LogP contribution in [0.1, 0.15) is 121 Å². The molecule has 380 valence electrons. The van der Waals surface area contributed by atoms with Crippen molar-refractivity contribution in [3.8, 4) is 0 Å². The molecule has 2 saturated heterocycles. The number of rotatable bonds is 7. The van der Waals surface area contributed by atoms with Gasteiger partial charge >= 0.3 is 0 Å². The Morgan fingerprint density at radius 2 is 1.09 bits per heavy atom. The Morgan fingerprint density at radius 3 is 1.61 bits per heavy atom. The lowest BCUT2D eigenvalue weighted by molar-refractivity contribution is -0.151. The highest BCUT2D eigenvalue weighted by molar-refractivity contribution is 5.98. The quantitative estimate of drug-likeness (QED) is 0.234. The number of hydrogen-bond donors (Lipinski definition) is 5. The van der Waals surface area contributed by atoms with Crippen LogP contribution in [0.3, 0.4) is 0 Å². The Hall–Kier alpha value is -5.14. The van der Waals surface area contributed by atoms with Crippen molar-refractivity contribution in [3.05, 3.63) is 0 Å². The van der Waals surface area contributed by atoms with Crippen LogP contribution in [-0.4, -0.2) is 184 Å². The van der Waals surface area contributed by atoms with Gasteiger partial charge in [0.1, 0.15) is 42.3 Å². The van der Waals surface area contributed by atoms with Crippen molar-refractivity contribution in [2.45, 2.75) is 176 Å². The highest BCUT2D eigenvalue weighted by Crippen LogP contribution is 2.25. The van der Waals surface area contributed by atoms with Gasteiger partial charge in [0.25, 0.3) is 0 Å². The summed E-state index contributed by atoms with van der Waals surface area (Å²) in [5, 5.41) is 21.6. The number of aliphatic hydroxyl groups excluding tert-OH is 1. The molecule has 2 aliphatic rings. The van der Waals surface area contributed by atoms with Gasteiger partial charge in [-0.05, 0) is 77.0 Å². The molecule has 0 aromatic heterocycles. The monoisotopic (exact) mass is 948 g/mol. The number of amides is 9. The average molecular weight is 948 g/mol. The number of nitrogens with zero attached hydrogens (tertiary/aromatic N) is 5. The second-order valence-electron chi connectivity index (χ2n) is 19.8. The summed E-state index contributed by atoms with van der Waals surface area (Å²) in [5.74, 6) is -6.96. The molecule has 5 N–H and O–H groups in total. The molecule has 0 aromatic rings. The topological polar surface area (TPSA) is 255 Å². The van der Waals surface area contributed by atoms with Crippen molar-refractivity contribution in [1.82, 2.24) is 45.8 Å². The number of carbonyl (C=O) groups excluding carboxylic acids is 10. The summed E-state index contributed by atoms with van der Waals surface area (Å²) in [5.41, 5.74) is 0. The fraction of sp³-hybridized carbons (Fsp3) is 0.787. The maximum Gasteiger partial charge on any atom is 0.248 e. The van der Waals surface area contributed by atoms with E-state index in [1.807, 2.05) is 34.6 Å². The van der Waals surface area contributed by atoms with Gasteiger partial charge in [-0.25, -0.2) is 0 Å². The van der Waals surface area contributed by atoms with E-state index in [-0.39, 0.29) is 56.3 Å². The number of nitrogens with one attached hydrogen (secondary N) is 4. The third-order valence-electron chi connectivity index (χ3n) is 13.3. The molecule has 0 saturated carbocycles. The number of Topliss-reactive ketones (excluding diaryl/α,β-unsaturated/α-hetero) is 1. The van der Waals surface area contributed by atoms with Crippen LogP contribution in [0.25, 0.3) is 0 Å². The summed E-state index contributed by atoms with van der Waals surface area (Å²) >= 11 is 0. The Morgan fingerprint density at radius 1 is 0.597 bits per heavy atom. The molecule has 0 radical (unpaired) electrons. The van der Waals surface area contributed by atoms with Gasteiger partial charge in [-0.15, -0.1) is 0 Å². The molecule has 0 bridgehead atoms. The summed E-state index contributed by atoms with van der Waals surface area (Å²) in [6.07, 6.45) is -0.0426. The van der Waals surface area contributed by atoms with Gasteiger partial charge in [0.05, 0.1) is 18.7 Å². The largest absolute Gasteiger partial charge is 0.391 e. The second-order valence-corrected chi connectivity index (χ2v) is 19.8. The van der Waals surface area contributed by atoms with Gasteiger partial charge in [0.2, 0.25) is 53.2 Å². The highest BCUT2D eigenvalue weighted by atomic mass is 16.3. The van der Waals surface area contributed by atoms with Gasteiger partial charge in [-0.1, -0.05) is 54.9 Å². The standard InChI is InChI=1S/C47H81N9O11/c1-16-28(7)40-44(64)48-24-38(60)53(13)30(9)41(61)49-33(20-25(2)3)36(58)22-27(6)23-37(59)52(12)29(8)42(62)50-34(21-26(4)5)45(65)54(14)31(10)43(63)51-39(32(11)57)47(67)56-19-17-18-35(56)46(66)55(40)15/h25-35,39-40,57H,16-24H2,1-15H3,(H,48,64)(H,49,61)(H,50,62)(H,51,63)/t27-,28+,29+,30+,31+,32-,33+,34+,35+,39+,40+/m1/s1. The molecule has 2 aliphatic heterocycles. The van der Waals surface area contributed by atoms with Gasteiger partial charge in [0, 0.05) is 47.6 Å². The minimum Gasteiger partial charge on any atom is -0.391 e. The normalized spacial score (nSPS) is 29.6. The van der Waals surface area contributed by atoms with Gasteiger partial charge in [-0.3, -0.25) is 47.9 Å². The first kappa shape index (κ1) is 58.0. The Labute approximate surface area is 397 Å². The van der Waals surface area contributed by atoms with E-state index in [2.05, 4.69) is 21.3 Å². The van der Waals surface area contributed by atoms with E-state index in [9.17, 15) is 53.1 Å². The van der Waals surface area contributed by atoms with E-state index in [1.54, 1.807) is 13.8 Å². The Bertz CT molecular complexity index is 1810. The molecule has 0 unspecified atom stereocenters. The van der Waals surface area contributed by atoms with Crippen molar-refractivity contribution < 1.29 is 53.1 Å². The van der Waals surface area contributed by atoms with Gasteiger partial charge in [0.15, 0.2) is 5.78 Å². The first-order valence-electron chi connectivity index (χ1n) is 23.8. The first-order valence-corrected chi connectivity index (χ1v) is 23.8. The zero-order valence-corrected chi connectivity index (χ0v) is 42.6. The number of likely N-dealkylation sites (N-methyl/N-ethyl adjacent to an activating group) is 4. The summed E-state index contributed by atoms with van der Waals surface area (Å²) < 4.78 is 0. The van der Waals surface area contributed by atoms with Crippen molar-refractivity contribution in [2.24, 2.45) is 23.7 Å². The van der Waals surface area contributed by atoms with Crippen LogP contribution in [-0.2, 0) is 47.9 Å². The SMILES string of the molecule is CC[C@H](C)[C@H]1C(=O)NCC(=O)N(C)[C@@H](C)C(=O)N[C@@H](CC(C)C)C(=O)C[C@@H](C)CC(=O)N(C)[C@@H](C)C(=O)N[C@@H](CC(C)C)C(=O)N(C)[C@@H](C)C(=O)N[C@@H]([C@@H](C)O)C(=O)N2CCC[C@H]2C(=O)N1C. The molecule has 2 fully saturated rings. The molecular weight excluding hydrogens is 867 g/mol. The molecule has 67 heavy (non-hydrogen) atoms. The van der Waals surface area contributed by atoms with E-state index >= 15 is 0 Å². The predicted octanol–water partition coefficient (Wildman–Crippen LogP) is 0.434. The van der Waals surface area contributed by atoms with Gasteiger partial charge in [-0.2, -0.15) is 0 Å². The summed E-state index contributed by atoms with van der Waals surface area (Å²) in [6, 6.07) is -9.01. The lowest BCUT2D eigenvalue weighted by Crippen LogP contribution is -2.61. The molecule has 0 aliphatic carbocycles. The maximum atomic E-state index is 14.3. The van der Waals surface area contributed by atoms with E-state index in [0.717, 1.165) is 9.80 Å². The van der Waals surface area contributed by atoms with Gasteiger partial charge < -0.3 is 50.9 Å². The van der Waals surface area contributed by atoms with E-state index in [1.165, 1.54) is 70.6 Å². The minimum absolute atomic E-state index is 0.0118. The zero-order valence-electron chi connectivity index (χ0n) is 42.6. The number of aliphatic hydroxyl groups is 1. The van der Waals surface area contributed by atoms with Crippen LogP contribution < -0.4 is 21.3 Å². The molecule has 0 aromatic carbocycles. The second kappa shape index (κ2) is 25.8. The Balaban J connectivity index is 2.61. The number of hydrogen-bond acceptors (Lipinski definition) is 11. The molecule has 2 heterocycles. The summed E-state index contributed by atoms with van der Waals surface area (Å²) in [4.78, 5) is 144. The first-order chi connectivity index (χ1) is 31.1. The lowest BCUT2D eigenvalue weighted by Gasteiger charge is -2.36. The number of fused-ring (bicyclic) bond motifs is 1.